The molecular formula is C42H67NO10. The first-order chi connectivity index (χ1) is 24.8. The van der Waals surface area contributed by atoms with Crippen LogP contribution in [-0.2, 0) is 28.6 Å². The molecule has 300 valence electrons. The summed E-state index contributed by atoms with van der Waals surface area (Å²) < 4.78 is 18.7. The van der Waals surface area contributed by atoms with Crippen molar-refractivity contribution in [1.82, 2.24) is 0 Å². The predicted molar refractivity (Wildman–Crippen MR) is 199 cm³/mol. The molecular weight excluding hydrogens is 678 g/mol. The Kier molecular flexibility index (Phi) is 12.2. The van der Waals surface area contributed by atoms with Gasteiger partial charge < -0.3 is 39.8 Å². The monoisotopic (exact) mass is 745 g/mol. The molecule has 2 unspecified atom stereocenters. The first-order valence-corrected chi connectivity index (χ1v) is 20.4. The van der Waals surface area contributed by atoms with Crippen LogP contribution < -0.4 is 5.06 Å². The fourth-order valence-corrected chi connectivity index (χ4v) is 11.0. The van der Waals surface area contributed by atoms with E-state index in [0.29, 0.717) is 37.0 Å². The summed E-state index contributed by atoms with van der Waals surface area (Å²) in [6.07, 6.45) is 13.7. The molecule has 4 aliphatic carbocycles. The Morgan fingerprint density at radius 1 is 0.981 bits per heavy atom. The Balaban J connectivity index is 1.28. The van der Waals surface area contributed by atoms with E-state index in [2.05, 4.69) is 6.92 Å². The number of esters is 2. The third kappa shape index (κ3) is 7.09. The number of nitrogens with one attached hydrogen (secondary N) is 1. The molecule has 0 aromatic carbocycles. The normalized spacial score (nSPS) is 39.3. The summed E-state index contributed by atoms with van der Waals surface area (Å²) in [5, 5.41) is 48.9. The van der Waals surface area contributed by atoms with Gasteiger partial charge in [0.25, 0.3) is 0 Å². The van der Waals surface area contributed by atoms with Crippen molar-refractivity contribution >= 4 is 17.7 Å². The van der Waals surface area contributed by atoms with E-state index in [4.69, 9.17) is 14.2 Å². The maximum absolute atomic E-state index is 13.7. The number of aliphatic hydroxyl groups is 3. The summed E-state index contributed by atoms with van der Waals surface area (Å²) >= 11 is 0. The average Bonchev–Trinajstić information content (AvgIpc) is 3.39. The van der Waals surface area contributed by atoms with Crippen molar-refractivity contribution < 1.29 is 49.0 Å². The number of ether oxygens (including phenoxy) is 3. The third-order valence-electron chi connectivity index (χ3n) is 13.9. The molecule has 1 aliphatic heterocycles. The molecule has 5 rings (SSSR count). The molecule has 0 bridgehead atoms. The highest BCUT2D eigenvalue weighted by Gasteiger charge is 2.87. The lowest BCUT2D eigenvalue weighted by Crippen LogP contribution is -3.20. The summed E-state index contributed by atoms with van der Waals surface area (Å²) in [5.41, 5.74) is -6.29. The molecule has 10 atom stereocenters. The molecule has 0 spiro atoms. The summed E-state index contributed by atoms with van der Waals surface area (Å²) in [4.78, 5) is 39.8. The SMILES string of the molecule is CCCCCCCCCC1(CCCCCC(=O)O[C@@H]2[C@@H](C)[C@@]3(O)[C@@H](C=C(CO)C[C@]4(O)C(=O)C(C)=C[C@@H]34)[C@@H]3C(C)(C)[C@]23OC(C)=O)OCC(C)(C)[NH+]1[O-]. The molecule has 3 fully saturated rings. The fourth-order valence-electron chi connectivity index (χ4n) is 11.0. The van der Waals surface area contributed by atoms with Gasteiger partial charge in [-0.05, 0) is 51.2 Å². The minimum absolute atomic E-state index is 0.0941. The number of rotatable bonds is 17. The quantitative estimate of drug-likeness (QED) is 0.0687. The van der Waals surface area contributed by atoms with Crippen LogP contribution in [0.3, 0.4) is 0 Å². The van der Waals surface area contributed by atoms with Crippen LogP contribution in [0.5, 0.6) is 0 Å². The number of Topliss-reactive ketones (excluding diaryl/α,β-unsaturated/α-hetero) is 1. The van der Waals surface area contributed by atoms with Crippen molar-refractivity contribution in [2.24, 2.45) is 29.1 Å². The average molecular weight is 746 g/mol. The van der Waals surface area contributed by atoms with Gasteiger partial charge in [0.1, 0.15) is 23.9 Å². The van der Waals surface area contributed by atoms with Crippen LogP contribution in [0.25, 0.3) is 0 Å². The van der Waals surface area contributed by atoms with Crippen LogP contribution in [0.4, 0.5) is 0 Å². The van der Waals surface area contributed by atoms with Gasteiger partial charge in [-0.15, -0.1) is 0 Å². The van der Waals surface area contributed by atoms with Crippen LogP contribution in [0, 0.1) is 34.3 Å². The minimum atomic E-state index is -1.98. The third-order valence-corrected chi connectivity index (χ3v) is 13.9. The van der Waals surface area contributed by atoms with Crippen molar-refractivity contribution in [2.45, 2.75) is 179 Å². The van der Waals surface area contributed by atoms with Crippen LogP contribution in [-0.4, -0.2) is 80.4 Å². The van der Waals surface area contributed by atoms with Crippen molar-refractivity contribution in [3.05, 3.63) is 28.5 Å². The molecule has 1 saturated heterocycles. The first-order valence-electron chi connectivity index (χ1n) is 20.4. The van der Waals surface area contributed by atoms with Crippen LogP contribution >= 0.6 is 0 Å². The maximum Gasteiger partial charge on any atom is 0.306 e. The number of hydroxylamine groups is 2. The number of quaternary nitrogens is 1. The van der Waals surface area contributed by atoms with E-state index in [1.807, 2.05) is 27.7 Å². The second kappa shape index (κ2) is 15.4. The number of hydrogen-bond donors (Lipinski definition) is 4. The van der Waals surface area contributed by atoms with Crippen molar-refractivity contribution in [3.63, 3.8) is 0 Å². The van der Waals surface area contributed by atoms with E-state index >= 15 is 0 Å². The number of carbonyl (C=O) groups excluding carboxylic acids is 3. The summed E-state index contributed by atoms with van der Waals surface area (Å²) in [5.74, 6) is -4.66. The van der Waals surface area contributed by atoms with E-state index in [-0.39, 0.29) is 17.9 Å². The number of aliphatic hydroxyl groups excluding tert-OH is 1. The van der Waals surface area contributed by atoms with Gasteiger partial charge in [0.15, 0.2) is 11.4 Å². The molecule has 5 aliphatic rings. The predicted octanol–water partition coefficient (Wildman–Crippen LogP) is 5.03. The zero-order valence-electron chi connectivity index (χ0n) is 33.6. The van der Waals surface area contributed by atoms with E-state index in [9.17, 15) is 34.9 Å². The second-order valence-corrected chi connectivity index (χ2v) is 18.4. The number of carbonyl (C=O) groups is 3. The standard InChI is InChI=1S/C42H67NO10/c1-9-10-11-12-13-14-17-20-39(43(50)37(5,6)26-51-39)21-18-15-16-19-33(46)52-36-28(3)41(49)31(34-38(7,8)42(34,36)53-29(4)45)23-30(25-44)24-40(48)32(41)22-27(2)35(40)47/h22-23,28,31-32,34,36,43-44,48-49H,9-21,24-26H2,1-8H3/t28-,31+,32-,34-,36-,39?,40-,41-,42-/m1/s1. The van der Waals surface area contributed by atoms with Gasteiger partial charge in [-0.3, -0.25) is 14.4 Å². The molecule has 11 nitrogen and oxygen atoms in total. The number of fused-ring (bicyclic) bond motifs is 5. The Labute approximate surface area is 316 Å². The Hall–Kier alpha value is -2.15. The smallest absolute Gasteiger partial charge is 0.306 e. The second-order valence-electron chi connectivity index (χ2n) is 18.4. The van der Waals surface area contributed by atoms with Crippen molar-refractivity contribution in [3.8, 4) is 0 Å². The Morgan fingerprint density at radius 3 is 2.15 bits per heavy atom. The van der Waals surface area contributed by atoms with Crippen LogP contribution in [0.1, 0.15) is 145 Å². The van der Waals surface area contributed by atoms with Gasteiger partial charge in [-0.2, -0.15) is 0 Å². The first kappa shape index (κ1) is 42.0. The number of ketones is 1. The number of unbranched alkanes of at least 4 members (excludes halogenated alkanes) is 8. The lowest BCUT2D eigenvalue weighted by atomic mass is 9.59. The molecule has 0 amide bonds. The number of hydrogen-bond acceptors (Lipinski definition) is 10. The lowest BCUT2D eigenvalue weighted by Gasteiger charge is -2.53. The highest BCUT2D eigenvalue weighted by Crippen LogP contribution is 2.77. The Morgan fingerprint density at radius 2 is 1.58 bits per heavy atom. The summed E-state index contributed by atoms with van der Waals surface area (Å²) in [6.45, 7) is 14.6. The molecule has 0 aromatic heterocycles. The van der Waals surface area contributed by atoms with E-state index in [1.54, 1.807) is 26.0 Å². The van der Waals surface area contributed by atoms with Crippen molar-refractivity contribution in [1.29, 1.82) is 0 Å². The van der Waals surface area contributed by atoms with E-state index < -0.39 is 87.6 Å². The molecule has 11 heteroatoms. The zero-order valence-corrected chi connectivity index (χ0v) is 33.6. The molecule has 2 saturated carbocycles. The van der Waals surface area contributed by atoms with E-state index in [1.165, 1.54) is 39.0 Å². The molecule has 0 radical (unpaired) electrons. The lowest BCUT2D eigenvalue weighted by molar-refractivity contribution is -0.950. The summed E-state index contributed by atoms with van der Waals surface area (Å²) in [7, 11) is 0. The van der Waals surface area contributed by atoms with Crippen molar-refractivity contribution in [2.75, 3.05) is 13.2 Å². The fraction of sp³-hybridized carbons (Fsp3) is 0.833. The van der Waals surface area contributed by atoms with Gasteiger partial charge in [0, 0.05) is 61.7 Å². The summed E-state index contributed by atoms with van der Waals surface area (Å²) in [6, 6.07) is 0. The van der Waals surface area contributed by atoms with Gasteiger partial charge in [0.2, 0.25) is 5.72 Å². The van der Waals surface area contributed by atoms with E-state index in [0.717, 1.165) is 25.7 Å². The minimum Gasteiger partial charge on any atom is -0.632 e. The molecule has 4 N–H and O–H groups in total. The van der Waals surface area contributed by atoms with Gasteiger partial charge in [-0.25, -0.2) is 0 Å². The zero-order chi connectivity index (χ0) is 39.2. The van der Waals surface area contributed by atoms with Crippen LogP contribution in [0.15, 0.2) is 23.3 Å². The van der Waals surface area contributed by atoms with Crippen LogP contribution in [0.2, 0.25) is 0 Å². The van der Waals surface area contributed by atoms with Gasteiger partial charge >= 0.3 is 11.9 Å². The largest absolute Gasteiger partial charge is 0.632 e. The highest BCUT2D eigenvalue weighted by atomic mass is 16.6. The van der Waals surface area contributed by atoms with Gasteiger partial charge in [-0.1, -0.05) is 84.8 Å². The molecule has 0 aromatic rings. The maximum atomic E-state index is 13.7. The molecule has 1 heterocycles. The highest BCUT2D eigenvalue weighted by molar-refractivity contribution is 6.04. The Bertz CT molecular complexity index is 1450. The van der Waals surface area contributed by atoms with Gasteiger partial charge in [0.05, 0.1) is 12.2 Å². The molecule has 53 heavy (non-hydrogen) atoms. The topological polar surface area (TPSA) is 167 Å².